The summed E-state index contributed by atoms with van der Waals surface area (Å²) in [7, 11) is 0. The summed E-state index contributed by atoms with van der Waals surface area (Å²) in [5, 5.41) is 31.4. The molecular weight excluding hydrogens is 329 g/mol. The molecule has 134 valence electrons. The third-order valence-corrected chi connectivity index (χ3v) is 3.54. The first-order valence-corrected chi connectivity index (χ1v) is 7.70. The van der Waals surface area contributed by atoms with Crippen molar-refractivity contribution in [1.82, 2.24) is 5.32 Å². The second kappa shape index (κ2) is 9.12. The molecule has 4 N–H and O–H groups in total. The minimum absolute atomic E-state index is 0.0785. The summed E-state index contributed by atoms with van der Waals surface area (Å²) < 4.78 is 18.4. The number of amides is 1. The van der Waals surface area contributed by atoms with Gasteiger partial charge in [-0.25, -0.2) is 9.18 Å². The van der Waals surface area contributed by atoms with E-state index in [9.17, 15) is 19.4 Å². The number of aliphatic hydroxyl groups is 3. The highest BCUT2D eigenvalue weighted by molar-refractivity contribution is 5.67. The maximum absolute atomic E-state index is 13.4. The van der Waals surface area contributed by atoms with Gasteiger partial charge in [0.1, 0.15) is 24.6 Å². The molecule has 25 heavy (non-hydrogen) atoms. The summed E-state index contributed by atoms with van der Waals surface area (Å²) >= 11 is 0. The van der Waals surface area contributed by atoms with E-state index < -0.39 is 30.7 Å². The van der Waals surface area contributed by atoms with Crippen molar-refractivity contribution in [3.63, 3.8) is 0 Å². The van der Waals surface area contributed by atoms with Gasteiger partial charge < -0.3 is 25.4 Å². The summed E-state index contributed by atoms with van der Waals surface area (Å²) in [6, 6.07) is 12.6. The number of aliphatic hydroxyl groups excluding tert-OH is 3. The molecule has 1 amide bonds. The molecule has 6 nitrogen and oxygen atoms in total. The summed E-state index contributed by atoms with van der Waals surface area (Å²) in [4.78, 5) is 11.6. The van der Waals surface area contributed by atoms with Crippen LogP contribution in [0.1, 0.15) is 22.8 Å². The number of ether oxygens (including phenoxy) is 1. The highest BCUT2D eigenvalue weighted by atomic mass is 19.1. The van der Waals surface area contributed by atoms with E-state index in [1.165, 1.54) is 6.07 Å². The first-order chi connectivity index (χ1) is 12.0. The second-order valence-corrected chi connectivity index (χ2v) is 5.51. The number of halogens is 1. The number of hydrogen-bond donors (Lipinski definition) is 4. The van der Waals surface area contributed by atoms with Crippen LogP contribution in [0.5, 0.6) is 0 Å². The Hall–Kier alpha value is -2.48. The Bertz CT molecular complexity index is 695. The van der Waals surface area contributed by atoms with Crippen molar-refractivity contribution in [3.8, 4) is 0 Å². The number of benzene rings is 2. The Kier molecular flexibility index (Phi) is 6.88. The lowest BCUT2D eigenvalue weighted by molar-refractivity contribution is 0.0181. The predicted molar refractivity (Wildman–Crippen MR) is 87.9 cm³/mol. The fourth-order valence-electron chi connectivity index (χ4n) is 2.23. The summed E-state index contributed by atoms with van der Waals surface area (Å²) in [5.74, 6) is -0.636. The van der Waals surface area contributed by atoms with E-state index in [1.807, 2.05) is 18.2 Å². The van der Waals surface area contributed by atoms with Gasteiger partial charge in [-0.15, -0.1) is 0 Å². The molecule has 0 radical (unpaired) electrons. The molecule has 0 saturated carbocycles. The molecule has 0 spiro atoms. The Morgan fingerprint density at radius 3 is 2.52 bits per heavy atom. The molecule has 0 heterocycles. The zero-order chi connectivity index (χ0) is 18.2. The SMILES string of the molecule is O=C(NCC(O)C(O)c1cc(F)cc(CO)c1)OCc1ccccc1. The topological polar surface area (TPSA) is 99.0 Å². The lowest BCUT2D eigenvalue weighted by Crippen LogP contribution is -2.35. The predicted octanol–water partition coefficient (Wildman–Crippen LogP) is 1.64. The van der Waals surface area contributed by atoms with Crippen molar-refractivity contribution >= 4 is 6.09 Å². The van der Waals surface area contributed by atoms with Gasteiger partial charge in [0.2, 0.25) is 0 Å². The maximum Gasteiger partial charge on any atom is 0.407 e. The van der Waals surface area contributed by atoms with Crippen LogP contribution in [0.15, 0.2) is 48.5 Å². The Morgan fingerprint density at radius 2 is 1.84 bits per heavy atom. The van der Waals surface area contributed by atoms with Crippen LogP contribution < -0.4 is 5.32 Å². The molecular formula is C18H20FNO5. The Labute approximate surface area is 144 Å². The monoisotopic (exact) mass is 349 g/mol. The molecule has 0 aromatic heterocycles. The van der Waals surface area contributed by atoms with Crippen LogP contribution in [0.3, 0.4) is 0 Å². The summed E-state index contributed by atoms with van der Waals surface area (Å²) in [6.45, 7) is -0.591. The second-order valence-electron chi connectivity index (χ2n) is 5.51. The zero-order valence-electron chi connectivity index (χ0n) is 13.4. The number of hydrogen-bond acceptors (Lipinski definition) is 5. The van der Waals surface area contributed by atoms with Gasteiger partial charge in [0.05, 0.1) is 6.61 Å². The van der Waals surface area contributed by atoms with E-state index >= 15 is 0 Å². The average Bonchev–Trinajstić information content (AvgIpc) is 2.64. The van der Waals surface area contributed by atoms with Gasteiger partial charge in [0.25, 0.3) is 0 Å². The van der Waals surface area contributed by atoms with Crippen LogP contribution in [0, 0.1) is 5.82 Å². The van der Waals surface area contributed by atoms with Crippen LogP contribution in [0.4, 0.5) is 9.18 Å². The lowest BCUT2D eigenvalue weighted by Gasteiger charge is -2.19. The number of carbonyl (C=O) groups excluding carboxylic acids is 1. The molecule has 2 aromatic rings. The van der Waals surface area contributed by atoms with Crippen molar-refractivity contribution in [1.29, 1.82) is 0 Å². The first kappa shape index (κ1) is 18.9. The fourth-order valence-corrected chi connectivity index (χ4v) is 2.23. The molecule has 0 bridgehead atoms. The minimum Gasteiger partial charge on any atom is -0.445 e. The van der Waals surface area contributed by atoms with Crippen LogP contribution >= 0.6 is 0 Å². The van der Waals surface area contributed by atoms with Gasteiger partial charge in [0.15, 0.2) is 0 Å². The van der Waals surface area contributed by atoms with Crippen molar-refractivity contribution in [2.24, 2.45) is 0 Å². The summed E-state index contributed by atoms with van der Waals surface area (Å²) in [5.41, 5.74) is 1.20. The fraction of sp³-hybridized carbons (Fsp3) is 0.278. The van der Waals surface area contributed by atoms with E-state index in [-0.39, 0.29) is 24.3 Å². The lowest BCUT2D eigenvalue weighted by atomic mass is 10.0. The highest BCUT2D eigenvalue weighted by Crippen LogP contribution is 2.20. The molecule has 2 aromatic carbocycles. The normalized spacial score (nSPS) is 13.1. The van der Waals surface area contributed by atoms with Gasteiger partial charge in [-0.3, -0.25) is 0 Å². The smallest absolute Gasteiger partial charge is 0.407 e. The number of nitrogens with one attached hydrogen (secondary N) is 1. The van der Waals surface area contributed by atoms with E-state index in [4.69, 9.17) is 9.84 Å². The van der Waals surface area contributed by atoms with Gasteiger partial charge >= 0.3 is 6.09 Å². The molecule has 0 saturated heterocycles. The van der Waals surface area contributed by atoms with E-state index in [0.29, 0.717) is 0 Å². The van der Waals surface area contributed by atoms with E-state index in [0.717, 1.165) is 17.7 Å². The van der Waals surface area contributed by atoms with Gasteiger partial charge in [-0.1, -0.05) is 36.4 Å². The Balaban J connectivity index is 1.83. The summed E-state index contributed by atoms with van der Waals surface area (Å²) in [6.07, 6.45) is -3.53. The number of alkyl carbamates (subject to hydrolysis) is 1. The number of rotatable bonds is 7. The van der Waals surface area contributed by atoms with Crippen molar-refractivity contribution in [3.05, 3.63) is 71.0 Å². The molecule has 0 aliphatic heterocycles. The molecule has 0 aliphatic rings. The quantitative estimate of drug-likeness (QED) is 0.609. The van der Waals surface area contributed by atoms with Crippen LogP contribution in [-0.2, 0) is 18.0 Å². The average molecular weight is 349 g/mol. The van der Waals surface area contributed by atoms with Gasteiger partial charge in [0, 0.05) is 6.54 Å². The van der Waals surface area contributed by atoms with Crippen LogP contribution in [-0.4, -0.2) is 34.1 Å². The zero-order valence-corrected chi connectivity index (χ0v) is 13.4. The van der Waals surface area contributed by atoms with E-state index in [1.54, 1.807) is 12.1 Å². The molecule has 2 atom stereocenters. The standard InChI is InChI=1S/C18H20FNO5/c19-15-7-13(10-21)6-14(8-15)17(23)16(22)9-20-18(24)25-11-12-4-2-1-3-5-12/h1-8,16-17,21-23H,9-11H2,(H,20,24). The molecule has 2 rings (SSSR count). The first-order valence-electron chi connectivity index (χ1n) is 7.70. The van der Waals surface area contributed by atoms with Crippen LogP contribution in [0.2, 0.25) is 0 Å². The maximum atomic E-state index is 13.4. The molecule has 0 aliphatic carbocycles. The Morgan fingerprint density at radius 1 is 1.12 bits per heavy atom. The van der Waals surface area contributed by atoms with E-state index in [2.05, 4.69) is 5.32 Å². The van der Waals surface area contributed by atoms with Gasteiger partial charge in [-0.05, 0) is 28.8 Å². The van der Waals surface area contributed by atoms with Crippen molar-refractivity contribution in [2.75, 3.05) is 6.54 Å². The number of carbonyl (C=O) groups is 1. The van der Waals surface area contributed by atoms with Crippen molar-refractivity contribution in [2.45, 2.75) is 25.4 Å². The molecule has 0 fully saturated rings. The third kappa shape index (κ3) is 5.82. The van der Waals surface area contributed by atoms with Gasteiger partial charge in [-0.2, -0.15) is 0 Å². The minimum atomic E-state index is -1.42. The molecule has 7 heteroatoms. The largest absolute Gasteiger partial charge is 0.445 e. The third-order valence-electron chi connectivity index (χ3n) is 3.54. The van der Waals surface area contributed by atoms with Crippen LogP contribution in [0.25, 0.3) is 0 Å². The van der Waals surface area contributed by atoms with Crippen molar-refractivity contribution < 1.29 is 29.2 Å². The molecule has 2 unspecified atom stereocenters. The highest BCUT2D eigenvalue weighted by Gasteiger charge is 2.20.